The Morgan fingerprint density at radius 1 is 1.22 bits per heavy atom. The fraction of sp³-hybridized carbons (Fsp3) is 0.538. The molecule has 102 valence electrons. The highest BCUT2D eigenvalue weighted by Crippen LogP contribution is 2.29. The maximum absolute atomic E-state index is 12.4. The SMILES string of the molecule is CNC(CCSC)Cc1ccc(C(F)(F)F)cc1. The van der Waals surface area contributed by atoms with Crippen molar-refractivity contribution in [3.8, 4) is 0 Å². The Kier molecular flexibility index (Phi) is 6.02. The summed E-state index contributed by atoms with van der Waals surface area (Å²) in [6, 6.07) is 5.74. The fourth-order valence-corrected chi connectivity index (χ4v) is 2.24. The lowest BCUT2D eigenvalue weighted by atomic mass is 10.0. The van der Waals surface area contributed by atoms with Crippen LogP contribution in [0.2, 0.25) is 0 Å². The zero-order chi connectivity index (χ0) is 13.6. The molecule has 1 nitrogen and oxygen atoms in total. The van der Waals surface area contributed by atoms with Gasteiger partial charge in [-0.15, -0.1) is 0 Å². The van der Waals surface area contributed by atoms with Gasteiger partial charge in [-0.1, -0.05) is 12.1 Å². The zero-order valence-corrected chi connectivity index (χ0v) is 11.4. The van der Waals surface area contributed by atoms with Gasteiger partial charge in [0.15, 0.2) is 0 Å². The molecule has 0 amide bonds. The Bertz CT molecular complexity index is 348. The summed E-state index contributed by atoms with van der Waals surface area (Å²) in [6.45, 7) is 0. The van der Waals surface area contributed by atoms with Crippen LogP contribution < -0.4 is 5.32 Å². The van der Waals surface area contributed by atoms with Crippen LogP contribution >= 0.6 is 11.8 Å². The van der Waals surface area contributed by atoms with Gasteiger partial charge in [-0.2, -0.15) is 24.9 Å². The van der Waals surface area contributed by atoms with Gasteiger partial charge >= 0.3 is 6.18 Å². The molecule has 1 aromatic carbocycles. The Morgan fingerprint density at radius 3 is 2.28 bits per heavy atom. The van der Waals surface area contributed by atoms with E-state index in [9.17, 15) is 13.2 Å². The minimum absolute atomic E-state index is 0.314. The molecule has 0 radical (unpaired) electrons. The van der Waals surface area contributed by atoms with E-state index in [1.54, 1.807) is 23.9 Å². The van der Waals surface area contributed by atoms with Crippen LogP contribution in [-0.4, -0.2) is 25.1 Å². The molecule has 0 aliphatic heterocycles. The largest absolute Gasteiger partial charge is 0.416 e. The van der Waals surface area contributed by atoms with Gasteiger partial charge in [0.2, 0.25) is 0 Å². The van der Waals surface area contributed by atoms with Crippen molar-refractivity contribution in [2.45, 2.75) is 25.1 Å². The minimum atomic E-state index is -4.25. The topological polar surface area (TPSA) is 12.0 Å². The lowest BCUT2D eigenvalue weighted by molar-refractivity contribution is -0.137. The third-order valence-electron chi connectivity index (χ3n) is 2.84. The maximum atomic E-state index is 12.4. The van der Waals surface area contributed by atoms with Crippen LogP contribution in [0, 0.1) is 0 Å². The number of likely N-dealkylation sites (N-methyl/N-ethyl adjacent to an activating group) is 1. The van der Waals surface area contributed by atoms with E-state index in [0.29, 0.717) is 6.04 Å². The number of hydrogen-bond donors (Lipinski definition) is 1. The van der Waals surface area contributed by atoms with Gasteiger partial charge in [-0.05, 0) is 49.6 Å². The van der Waals surface area contributed by atoms with Crippen LogP contribution in [0.4, 0.5) is 13.2 Å². The molecular formula is C13H18F3NS. The Hall–Kier alpha value is -0.680. The molecule has 0 aliphatic carbocycles. The summed E-state index contributed by atoms with van der Waals surface area (Å²) in [5, 5.41) is 3.19. The van der Waals surface area contributed by atoms with Gasteiger partial charge in [-0.3, -0.25) is 0 Å². The standard InChI is InChI=1S/C13H18F3NS/c1-17-12(7-8-18-2)9-10-3-5-11(6-4-10)13(14,15)16/h3-6,12,17H,7-9H2,1-2H3. The molecule has 0 saturated carbocycles. The van der Waals surface area contributed by atoms with Crippen LogP contribution in [-0.2, 0) is 12.6 Å². The number of alkyl halides is 3. The van der Waals surface area contributed by atoms with E-state index in [1.807, 2.05) is 13.3 Å². The zero-order valence-electron chi connectivity index (χ0n) is 10.6. The van der Waals surface area contributed by atoms with E-state index in [0.717, 1.165) is 36.3 Å². The van der Waals surface area contributed by atoms with Gasteiger partial charge in [0, 0.05) is 6.04 Å². The molecule has 0 aromatic heterocycles. The second-order valence-corrected chi connectivity index (χ2v) is 5.15. The number of benzene rings is 1. The van der Waals surface area contributed by atoms with Crippen molar-refractivity contribution in [2.75, 3.05) is 19.1 Å². The van der Waals surface area contributed by atoms with Crippen molar-refractivity contribution in [2.24, 2.45) is 0 Å². The molecule has 0 fully saturated rings. The van der Waals surface area contributed by atoms with Crippen LogP contribution in [0.15, 0.2) is 24.3 Å². The van der Waals surface area contributed by atoms with Crippen molar-refractivity contribution in [3.63, 3.8) is 0 Å². The highest BCUT2D eigenvalue weighted by Gasteiger charge is 2.29. The van der Waals surface area contributed by atoms with Crippen LogP contribution in [0.3, 0.4) is 0 Å². The fourth-order valence-electron chi connectivity index (χ4n) is 1.72. The van der Waals surface area contributed by atoms with Crippen molar-refractivity contribution in [3.05, 3.63) is 35.4 Å². The third-order valence-corrected chi connectivity index (χ3v) is 3.49. The number of rotatable bonds is 6. The Balaban J connectivity index is 2.62. The number of halogens is 3. The molecule has 0 heterocycles. The van der Waals surface area contributed by atoms with E-state index in [2.05, 4.69) is 5.32 Å². The maximum Gasteiger partial charge on any atom is 0.416 e. The van der Waals surface area contributed by atoms with E-state index < -0.39 is 11.7 Å². The van der Waals surface area contributed by atoms with Crippen molar-refractivity contribution < 1.29 is 13.2 Å². The van der Waals surface area contributed by atoms with Gasteiger partial charge < -0.3 is 5.32 Å². The first-order valence-corrected chi connectivity index (χ1v) is 7.19. The average molecular weight is 277 g/mol. The van der Waals surface area contributed by atoms with Gasteiger partial charge in [0.1, 0.15) is 0 Å². The van der Waals surface area contributed by atoms with Crippen molar-refractivity contribution in [1.82, 2.24) is 5.32 Å². The first-order valence-electron chi connectivity index (χ1n) is 5.79. The van der Waals surface area contributed by atoms with Gasteiger partial charge in [-0.25, -0.2) is 0 Å². The summed E-state index contributed by atoms with van der Waals surface area (Å²) in [7, 11) is 1.88. The molecular weight excluding hydrogens is 259 g/mol. The minimum Gasteiger partial charge on any atom is -0.317 e. The second kappa shape index (κ2) is 7.04. The molecule has 0 bridgehead atoms. The smallest absolute Gasteiger partial charge is 0.317 e. The van der Waals surface area contributed by atoms with Crippen molar-refractivity contribution >= 4 is 11.8 Å². The summed E-state index contributed by atoms with van der Waals surface area (Å²) in [5.41, 5.74) is 0.347. The number of nitrogens with one attached hydrogen (secondary N) is 1. The van der Waals surface area contributed by atoms with E-state index in [4.69, 9.17) is 0 Å². The molecule has 5 heteroatoms. The van der Waals surface area contributed by atoms with E-state index in [1.165, 1.54) is 0 Å². The summed E-state index contributed by atoms with van der Waals surface area (Å²) in [4.78, 5) is 0. The first kappa shape index (κ1) is 15.4. The molecule has 1 atom stereocenters. The highest BCUT2D eigenvalue weighted by atomic mass is 32.2. The molecule has 0 spiro atoms. The van der Waals surface area contributed by atoms with Crippen LogP contribution in [0.5, 0.6) is 0 Å². The second-order valence-electron chi connectivity index (χ2n) is 4.17. The molecule has 1 aromatic rings. The molecule has 1 N–H and O–H groups in total. The Morgan fingerprint density at radius 2 is 1.83 bits per heavy atom. The van der Waals surface area contributed by atoms with E-state index in [-0.39, 0.29) is 0 Å². The molecule has 1 unspecified atom stereocenters. The quantitative estimate of drug-likeness (QED) is 0.853. The number of hydrogen-bond acceptors (Lipinski definition) is 2. The summed E-state index contributed by atoms with van der Waals surface area (Å²) < 4.78 is 37.2. The van der Waals surface area contributed by atoms with Crippen LogP contribution in [0.25, 0.3) is 0 Å². The van der Waals surface area contributed by atoms with Gasteiger partial charge in [0.05, 0.1) is 5.56 Å². The molecule has 18 heavy (non-hydrogen) atoms. The van der Waals surface area contributed by atoms with Crippen LogP contribution in [0.1, 0.15) is 17.5 Å². The molecule has 0 saturated heterocycles. The highest BCUT2D eigenvalue weighted by molar-refractivity contribution is 7.98. The lowest BCUT2D eigenvalue weighted by Gasteiger charge is -2.16. The van der Waals surface area contributed by atoms with Crippen molar-refractivity contribution in [1.29, 1.82) is 0 Å². The normalized spacial score (nSPS) is 13.6. The lowest BCUT2D eigenvalue weighted by Crippen LogP contribution is -2.28. The average Bonchev–Trinajstić information content (AvgIpc) is 2.34. The summed E-state index contributed by atoms with van der Waals surface area (Å²) >= 11 is 1.77. The van der Waals surface area contributed by atoms with Gasteiger partial charge in [0.25, 0.3) is 0 Å². The molecule has 1 rings (SSSR count). The number of thioether (sulfide) groups is 1. The third kappa shape index (κ3) is 4.90. The predicted molar refractivity (Wildman–Crippen MR) is 71.0 cm³/mol. The first-order chi connectivity index (χ1) is 8.47. The predicted octanol–water partition coefficient (Wildman–Crippen LogP) is 3.59. The van der Waals surface area contributed by atoms with E-state index >= 15 is 0 Å². The Labute approximate surface area is 110 Å². The summed E-state index contributed by atoms with van der Waals surface area (Å²) in [6.07, 6.45) is -0.432. The summed E-state index contributed by atoms with van der Waals surface area (Å²) in [5.74, 6) is 1.05. The monoisotopic (exact) mass is 277 g/mol. The molecule has 0 aliphatic rings.